The monoisotopic (exact) mass is 494 g/mol. The molecule has 4 aromatic rings. The van der Waals surface area contributed by atoms with Crippen LogP contribution in [0.5, 0.6) is 0 Å². The standard InChI is InChI=1S/C25H26N4O3S2/c1-16-8-10-18(11-9-16)26-22(30)12-23-27-19(14-33-23)15-34-25-28-21-7-5-4-6-20(21)24(31)29(25)17(2)13-32-3/h4-11,14,17H,12-13,15H2,1-3H3,(H,26,30). The smallest absolute Gasteiger partial charge is 0.262 e. The van der Waals surface area contributed by atoms with Gasteiger partial charge in [0.2, 0.25) is 5.91 Å². The lowest BCUT2D eigenvalue weighted by molar-refractivity contribution is -0.115. The van der Waals surface area contributed by atoms with Gasteiger partial charge in [-0.1, -0.05) is 41.6 Å². The van der Waals surface area contributed by atoms with Crippen LogP contribution in [0.1, 0.15) is 29.2 Å². The number of carbonyl (C=O) groups is 1. The molecule has 1 unspecified atom stereocenters. The van der Waals surface area contributed by atoms with Gasteiger partial charge in [0, 0.05) is 23.9 Å². The van der Waals surface area contributed by atoms with Crippen molar-refractivity contribution < 1.29 is 9.53 Å². The van der Waals surface area contributed by atoms with Gasteiger partial charge < -0.3 is 10.1 Å². The number of anilines is 1. The third-order valence-corrected chi connectivity index (χ3v) is 7.10. The van der Waals surface area contributed by atoms with E-state index in [1.54, 1.807) is 17.7 Å². The fourth-order valence-electron chi connectivity index (χ4n) is 3.55. The van der Waals surface area contributed by atoms with E-state index in [0.717, 1.165) is 22.0 Å². The highest BCUT2D eigenvalue weighted by Gasteiger charge is 2.17. The Bertz CT molecular complexity index is 1350. The van der Waals surface area contributed by atoms with E-state index in [1.165, 1.54) is 23.1 Å². The molecule has 0 aliphatic heterocycles. The number of benzene rings is 2. The van der Waals surface area contributed by atoms with Crippen molar-refractivity contribution in [2.45, 2.75) is 37.2 Å². The second-order valence-electron chi connectivity index (χ2n) is 8.00. The van der Waals surface area contributed by atoms with Gasteiger partial charge in [-0.2, -0.15) is 0 Å². The van der Waals surface area contributed by atoms with Crippen LogP contribution in [0, 0.1) is 6.92 Å². The molecule has 9 heteroatoms. The van der Waals surface area contributed by atoms with Crippen molar-refractivity contribution >= 4 is 45.6 Å². The number of carbonyl (C=O) groups excluding carboxylic acids is 1. The summed E-state index contributed by atoms with van der Waals surface area (Å²) in [6.45, 7) is 4.36. The van der Waals surface area contributed by atoms with Gasteiger partial charge in [0.05, 0.1) is 35.7 Å². The zero-order chi connectivity index (χ0) is 24.1. The van der Waals surface area contributed by atoms with Crippen LogP contribution in [0.3, 0.4) is 0 Å². The normalized spacial score (nSPS) is 12.1. The fraction of sp³-hybridized carbons (Fsp3) is 0.280. The predicted molar refractivity (Wildman–Crippen MR) is 138 cm³/mol. The summed E-state index contributed by atoms with van der Waals surface area (Å²) in [7, 11) is 1.62. The molecule has 0 bridgehead atoms. The Balaban J connectivity index is 1.47. The molecule has 4 rings (SSSR count). The highest BCUT2D eigenvalue weighted by Crippen LogP contribution is 2.25. The Morgan fingerprint density at radius 1 is 1.18 bits per heavy atom. The van der Waals surface area contributed by atoms with Crippen molar-refractivity contribution in [3.63, 3.8) is 0 Å². The number of methoxy groups -OCH3 is 1. The highest BCUT2D eigenvalue weighted by molar-refractivity contribution is 7.98. The first-order valence-corrected chi connectivity index (χ1v) is 12.7. The van der Waals surface area contributed by atoms with Crippen LogP contribution in [0.4, 0.5) is 5.69 Å². The Morgan fingerprint density at radius 2 is 1.94 bits per heavy atom. The van der Waals surface area contributed by atoms with Crippen molar-refractivity contribution in [2.75, 3.05) is 19.0 Å². The molecule has 0 aliphatic rings. The number of amides is 1. The van der Waals surface area contributed by atoms with Crippen LogP contribution in [0.2, 0.25) is 0 Å². The average molecular weight is 495 g/mol. The summed E-state index contributed by atoms with van der Waals surface area (Å²) in [5.41, 5.74) is 3.35. The minimum Gasteiger partial charge on any atom is -0.383 e. The van der Waals surface area contributed by atoms with E-state index in [9.17, 15) is 9.59 Å². The molecule has 176 valence electrons. The number of hydrogen-bond donors (Lipinski definition) is 1. The Morgan fingerprint density at radius 3 is 2.71 bits per heavy atom. The van der Waals surface area contributed by atoms with Gasteiger partial charge in [-0.05, 0) is 38.1 Å². The minimum atomic E-state index is -0.159. The molecule has 0 saturated heterocycles. The van der Waals surface area contributed by atoms with Crippen LogP contribution >= 0.6 is 23.1 Å². The molecular weight excluding hydrogens is 468 g/mol. The van der Waals surface area contributed by atoms with E-state index in [4.69, 9.17) is 9.72 Å². The van der Waals surface area contributed by atoms with E-state index in [1.807, 2.05) is 61.7 Å². The average Bonchev–Trinajstić information content (AvgIpc) is 3.26. The summed E-state index contributed by atoms with van der Waals surface area (Å²) < 4.78 is 6.98. The maximum absolute atomic E-state index is 13.2. The molecule has 1 amide bonds. The first kappa shape index (κ1) is 24.1. The van der Waals surface area contributed by atoms with Crippen molar-refractivity contribution in [1.82, 2.24) is 14.5 Å². The lowest BCUT2D eigenvalue weighted by atomic mass is 10.2. The molecule has 2 heterocycles. The van der Waals surface area contributed by atoms with Gasteiger partial charge in [-0.25, -0.2) is 9.97 Å². The zero-order valence-corrected chi connectivity index (χ0v) is 20.9. The van der Waals surface area contributed by atoms with Gasteiger partial charge in [0.1, 0.15) is 5.01 Å². The fourth-order valence-corrected chi connectivity index (χ4v) is 5.43. The van der Waals surface area contributed by atoms with Gasteiger partial charge in [-0.15, -0.1) is 11.3 Å². The van der Waals surface area contributed by atoms with Gasteiger partial charge in [-0.3, -0.25) is 14.2 Å². The van der Waals surface area contributed by atoms with Crippen LogP contribution in [-0.2, 0) is 21.7 Å². The molecule has 2 aromatic heterocycles. The van der Waals surface area contributed by atoms with Crippen molar-refractivity contribution in [1.29, 1.82) is 0 Å². The van der Waals surface area contributed by atoms with Gasteiger partial charge in [0.25, 0.3) is 5.56 Å². The molecule has 7 nitrogen and oxygen atoms in total. The lowest BCUT2D eigenvalue weighted by Crippen LogP contribution is -2.28. The first-order chi connectivity index (χ1) is 16.4. The number of nitrogens with one attached hydrogen (secondary N) is 1. The number of ether oxygens (including phenoxy) is 1. The second-order valence-corrected chi connectivity index (χ2v) is 9.89. The summed E-state index contributed by atoms with van der Waals surface area (Å²) in [6.07, 6.45) is 0.215. The topological polar surface area (TPSA) is 86.1 Å². The van der Waals surface area contributed by atoms with Crippen molar-refractivity contribution in [3.05, 3.63) is 80.5 Å². The third-order valence-electron chi connectivity index (χ3n) is 5.22. The zero-order valence-electron chi connectivity index (χ0n) is 19.3. The Labute approximate surface area is 206 Å². The molecule has 2 aromatic carbocycles. The van der Waals surface area contributed by atoms with Gasteiger partial charge >= 0.3 is 0 Å². The summed E-state index contributed by atoms with van der Waals surface area (Å²) in [6, 6.07) is 14.9. The second kappa shape index (κ2) is 10.9. The summed E-state index contributed by atoms with van der Waals surface area (Å²) in [4.78, 5) is 34.9. The van der Waals surface area contributed by atoms with Crippen molar-refractivity contribution in [3.8, 4) is 0 Å². The molecule has 34 heavy (non-hydrogen) atoms. The highest BCUT2D eigenvalue weighted by atomic mass is 32.2. The van der Waals surface area contributed by atoms with Crippen LogP contribution in [-0.4, -0.2) is 34.2 Å². The van der Waals surface area contributed by atoms with Crippen LogP contribution in [0.25, 0.3) is 10.9 Å². The number of thiazole rings is 1. The molecule has 0 aliphatic carbocycles. The number of aromatic nitrogens is 3. The Kier molecular flexibility index (Phi) is 7.77. The molecule has 0 radical (unpaired) electrons. The number of thioether (sulfide) groups is 1. The number of fused-ring (bicyclic) bond motifs is 1. The quantitative estimate of drug-likeness (QED) is 0.265. The summed E-state index contributed by atoms with van der Waals surface area (Å²) in [5, 5.41) is 6.81. The predicted octanol–water partition coefficient (Wildman–Crippen LogP) is 4.84. The van der Waals surface area contributed by atoms with Crippen LogP contribution < -0.4 is 10.9 Å². The largest absolute Gasteiger partial charge is 0.383 e. The van der Waals surface area contributed by atoms with Gasteiger partial charge in [0.15, 0.2) is 5.16 Å². The Hall–Kier alpha value is -3.01. The number of rotatable bonds is 9. The first-order valence-electron chi connectivity index (χ1n) is 10.9. The minimum absolute atomic E-state index is 0.0793. The van der Waals surface area contributed by atoms with E-state index in [2.05, 4.69) is 10.3 Å². The number of para-hydroxylation sites is 1. The number of hydrogen-bond acceptors (Lipinski definition) is 7. The van der Waals surface area contributed by atoms with E-state index < -0.39 is 0 Å². The summed E-state index contributed by atoms with van der Waals surface area (Å²) in [5.74, 6) is 0.441. The molecule has 1 atom stereocenters. The third kappa shape index (κ3) is 5.72. The maximum Gasteiger partial charge on any atom is 0.262 e. The molecule has 1 N–H and O–H groups in total. The van der Waals surface area contributed by atoms with E-state index in [-0.39, 0.29) is 23.9 Å². The number of aryl methyl sites for hydroxylation is 1. The molecule has 0 saturated carbocycles. The molecule has 0 fully saturated rings. The van der Waals surface area contributed by atoms with E-state index >= 15 is 0 Å². The van der Waals surface area contributed by atoms with Crippen molar-refractivity contribution in [2.24, 2.45) is 0 Å². The molecule has 0 spiro atoms. The maximum atomic E-state index is 13.2. The molecular formula is C25H26N4O3S2. The lowest BCUT2D eigenvalue weighted by Gasteiger charge is -2.18. The number of nitrogens with zero attached hydrogens (tertiary/aromatic N) is 3. The summed E-state index contributed by atoms with van der Waals surface area (Å²) >= 11 is 2.92. The van der Waals surface area contributed by atoms with E-state index in [0.29, 0.717) is 28.4 Å². The van der Waals surface area contributed by atoms with Crippen LogP contribution in [0.15, 0.2) is 63.9 Å². The SMILES string of the molecule is COCC(C)n1c(SCc2csc(CC(=O)Nc3ccc(C)cc3)n2)nc2ccccc2c1=O.